The van der Waals surface area contributed by atoms with Crippen LogP contribution in [0.25, 0.3) is 0 Å². The standard InChI is InChI=1S/C45H80O5/c1-3-5-7-9-11-13-15-17-19-20-21-22-23-24-26-28-30-32-34-36-38-40-45(48)50-43(41-46)42-49-44(47)39-37-35-33-31-29-27-25-18-16-14-12-10-8-6-4-2/h6,8,12,14,18,25,29,31,43,46H,3-5,7,9-11,13,15-17,19-24,26-28,30,32-42H2,1-2H3/t43-/m0/s1. The topological polar surface area (TPSA) is 72.8 Å². The maximum absolute atomic E-state index is 12.2. The third-order valence-electron chi connectivity index (χ3n) is 9.14. The van der Waals surface area contributed by atoms with E-state index in [0.717, 1.165) is 64.2 Å². The summed E-state index contributed by atoms with van der Waals surface area (Å²) in [6.07, 6.45) is 51.9. The van der Waals surface area contributed by atoms with Gasteiger partial charge in [-0.1, -0.05) is 191 Å². The zero-order valence-electron chi connectivity index (χ0n) is 32.9. The number of rotatable bonds is 38. The van der Waals surface area contributed by atoms with Gasteiger partial charge in [0.25, 0.3) is 0 Å². The second-order valence-corrected chi connectivity index (χ2v) is 14.0. The molecule has 0 radical (unpaired) electrons. The Hall–Kier alpha value is -2.14. The summed E-state index contributed by atoms with van der Waals surface area (Å²) in [5, 5.41) is 9.56. The number of hydrogen-bond acceptors (Lipinski definition) is 5. The first-order valence-electron chi connectivity index (χ1n) is 21.2. The molecule has 0 aromatic carbocycles. The van der Waals surface area contributed by atoms with Crippen LogP contribution in [-0.4, -0.2) is 36.4 Å². The van der Waals surface area contributed by atoms with Crippen LogP contribution in [0.2, 0.25) is 0 Å². The van der Waals surface area contributed by atoms with Crippen molar-refractivity contribution >= 4 is 11.9 Å². The van der Waals surface area contributed by atoms with Gasteiger partial charge in [0.15, 0.2) is 6.10 Å². The van der Waals surface area contributed by atoms with Crippen molar-refractivity contribution in [2.45, 2.75) is 213 Å². The first-order valence-corrected chi connectivity index (χ1v) is 21.2. The highest BCUT2D eigenvalue weighted by Crippen LogP contribution is 2.15. The molecule has 0 amide bonds. The molecule has 0 heterocycles. The highest BCUT2D eigenvalue weighted by atomic mass is 16.6. The average molecular weight is 701 g/mol. The Labute approximate surface area is 309 Å². The van der Waals surface area contributed by atoms with Crippen LogP contribution in [0.4, 0.5) is 0 Å². The van der Waals surface area contributed by atoms with Crippen molar-refractivity contribution in [3.05, 3.63) is 48.6 Å². The Kier molecular flexibility index (Phi) is 39.5. The maximum Gasteiger partial charge on any atom is 0.306 e. The molecule has 1 N–H and O–H groups in total. The van der Waals surface area contributed by atoms with Gasteiger partial charge in [0.1, 0.15) is 6.61 Å². The highest BCUT2D eigenvalue weighted by molar-refractivity contribution is 5.70. The van der Waals surface area contributed by atoms with Crippen LogP contribution in [0.5, 0.6) is 0 Å². The summed E-state index contributed by atoms with van der Waals surface area (Å²) in [7, 11) is 0. The monoisotopic (exact) mass is 701 g/mol. The van der Waals surface area contributed by atoms with Gasteiger partial charge in [0, 0.05) is 12.8 Å². The van der Waals surface area contributed by atoms with Crippen LogP contribution in [0.1, 0.15) is 206 Å². The molecule has 290 valence electrons. The van der Waals surface area contributed by atoms with Gasteiger partial charge in [-0.15, -0.1) is 0 Å². The molecular formula is C45H80O5. The Morgan fingerprint density at radius 2 is 0.860 bits per heavy atom. The second-order valence-electron chi connectivity index (χ2n) is 14.0. The molecule has 0 aliphatic carbocycles. The van der Waals surface area contributed by atoms with Crippen molar-refractivity contribution in [2.75, 3.05) is 13.2 Å². The molecule has 0 fully saturated rings. The lowest BCUT2D eigenvalue weighted by Crippen LogP contribution is -2.28. The average Bonchev–Trinajstić information content (AvgIpc) is 3.12. The van der Waals surface area contributed by atoms with Crippen molar-refractivity contribution in [3.63, 3.8) is 0 Å². The first kappa shape index (κ1) is 47.9. The highest BCUT2D eigenvalue weighted by Gasteiger charge is 2.16. The van der Waals surface area contributed by atoms with Crippen molar-refractivity contribution < 1.29 is 24.2 Å². The fourth-order valence-electron chi connectivity index (χ4n) is 5.96. The number of allylic oxidation sites excluding steroid dienone is 8. The minimum Gasteiger partial charge on any atom is -0.462 e. The molecule has 50 heavy (non-hydrogen) atoms. The van der Waals surface area contributed by atoms with E-state index in [9.17, 15) is 14.7 Å². The van der Waals surface area contributed by atoms with Crippen molar-refractivity contribution in [3.8, 4) is 0 Å². The van der Waals surface area contributed by atoms with Crippen molar-refractivity contribution in [2.24, 2.45) is 0 Å². The van der Waals surface area contributed by atoms with E-state index in [-0.39, 0.29) is 25.2 Å². The lowest BCUT2D eigenvalue weighted by Gasteiger charge is -2.15. The normalized spacial score (nSPS) is 12.6. The first-order chi connectivity index (χ1) is 24.6. The number of carbonyl (C=O) groups excluding carboxylic acids is 2. The minimum atomic E-state index is -0.786. The zero-order valence-corrected chi connectivity index (χ0v) is 32.9. The number of aliphatic hydroxyl groups is 1. The molecule has 0 aromatic rings. The van der Waals surface area contributed by atoms with Gasteiger partial charge >= 0.3 is 11.9 Å². The lowest BCUT2D eigenvalue weighted by atomic mass is 10.0. The quantitative estimate of drug-likeness (QED) is 0.0394. The number of hydrogen-bond donors (Lipinski definition) is 1. The molecule has 0 aliphatic rings. The van der Waals surface area contributed by atoms with Crippen LogP contribution in [-0.2, 0) is 19.1 Å². The zero-order chi connectivity index (χ0) is 36.4. The lowest BCUT2D eigenvalue weighted by molar-refractivity contribution is -0.161. The summed E-state index contributed by atoms with van der Waals surface area (Å²) in [6, 6.07) is 0. The number of aliphatic hydroxyl groups excluding tert-OH is 1. The molecule has 0 bridgehead atoms. The molecule has 5 heteroatoms. The van der Waals surface area contributed by atoms with Crippen LogP contribution in [0.3, 0.4) is 0 Å². The summed E-state index contributed by atoms with van der Waals surface area (Å²) < 4.78 is 10.6. The molecule has 5 nitrogen and oxygen atoms in total. The Balaban J connectivity index is 3.55. The summed E-state index contributed by atoms with van der Waals surface area (Å²) in [4.78, 5) is 24.3. The third kappa shape index (κ3) is 38.7. The molecule has 0 aliphatic heterocycles. The molecule has 0 saturated heterocycles. The van der Waals surface area contributed by atoms with E-state index < -0.39 is 6.10 Å². The number of carbonyl (C=O) groups is 2. The molecule has 0 spiro atoms. The fourth-order valence-corrected chi connectivity index (χ4v) is 5.96. The fraction of sp³-hybridized carbons (Fsp3) is 0.778. The summed E-state index contributed by atoms with van der Waals surface area (Å²) in [6.45, 7) is 4.00. The second kappa shape index (κ2) is 41.3. The molecule has 0 aromatic heterocycles. The van der Waals surface area contributed by atoms with Gasteiger partial charge in [-0.05, 0) is 51.4 Å². The van der Waals surface area contributed by atoms with Gasteiger partial charge in [-0.3, -0.25) is 9.59 Å². The van der Waals surface area contributed by atoms with Crippen LogP contribution in [0.15, 0.2) is 48.6 Å². The van der Waals surface area contributed by atoms with Crippen molar-refractivity contribution in [1.82, 2.24) is 0 Å². The van der Waals surface area contributed by atoms with E-state index in [4.69, 9.17) is 9.47 Å². The summed E-state index contributed by atoms with van der Waals surface area (Å²) in [5.74, 6) is -0.634. The SMILES string of the molecule is CCC=CCC=CCC=CCC=CCCCCC(=O)OC[C@H](CO)OC(=O)CCCCCCCCCCCCCCCCCCCCCCC. The van der Waals surface area contributed by atoms with E-state index in [2.05, 4.69) is 62.5 Å². The Bertz CT molecular complexity index is 842. The number of esters is 2. The van der Waals surface area contributed by atoms with Gasteiger partial charge in [0.05, 0.1) is 6.61 Å². The van der Waals surface area contributed by atoms with Gasteiger partial charge in [-0.25, -0.2) is 0 Å². The molecule has 0 saturated carbocycles. The Morgan fingerprint density at radius 1 is 0.480 bits per heavy atom. The van der Waals surface area contributed by atoms with Gasteiger partial charge in [0.2, 0.25) is 0 Å². The minimum absolute atomic E-state index is 0.0861. The Morgan fingerprint density at radius 3 is 1.30 bits per heavy atom. The predicted molar refractivity (Wildman–Crippen MR) is 214 cm³/mol. The van der Waals surface area contributed by atoms with Crippen LogP contribution in [0, 0.1) is 0 Å². The smallest absolute Gasteiger partial charge is 0.306 e. The van der Waals surface area contributed by atoms with Gasteiger partial charge in [-0.2, -0.15) is 0 Å². The molecule has 0 unspecified atom stereocenters. The van der Waals surface area contributed by atoms with Crippen LogP contribution < -0.4 is 0 Å². The molecular weight excluding hydrogens is 620 g/mol. The summed E-state index contributed by atoms with van der Waals surface area (Å²) in [5.41, 5.74) is 0. The molecule has 1 atom stereocenters. The van der Waals surface area contributed by atoms with E-state index in [0.29, 0.717) is 12.8 Å². The van der Waals surface area contributed by atoms with Gasteiger partial charge < -0.3 is 14.6 Å². The van der Waals surface area contributed by atoms with E-state index >= 15 is 0 Å². The van der Waals surface area contributed by atoms with E-state index in [1.165, 1.54) is 116 Å². The number of unbranched alkanes of at least 4 members (excludes halogenated alkanes) is 22. The number of ether oxygens (including phenoxy) is 2. The predicted octanol–water partition coefficient (Wildman–Crippen LogP) is 13.4. The van der Waals surface area contributed by atoms with E-state index in [1.54, 1.807) is 0 Å². The maximum atomic E-state index is 12.2. The largest absolute Gasteiger partial charge is 0.462 e. The van der Waals surface area contributed by atoms with Crippen LogP contribution >= 0.6 is 0 Å². The molecule has 0 rings (SSSR count). The summed E-state index contributed by atoms with van der Waals surface area (Å²) >= 11 is 0. The van der Waals surface area contributed by atoms with Crippen molar-refractivity contribution in [1.29, 1.82) is 0 Å². The van der Waals surface area contributed by atoms with E-state index in [1.807, 2.05) is 0 Å². The third-order valence-corrected chi connectivity index (χ3v) is 9.14.